The van der Waals surface area contributed by atoms with Crippen LogP contribution in [0.2, 0.25) is 5.02 Å². The Kier molecular flexibility index (Phi) is 6.43. The van der Waals surface area contributed by atoms with Crippen molar-refractivity contribution in [2.45, 2.75) is 0 Å². The first-order valence-corrected chi connectivity index (χ1v) is 8.54. The summed E-state index contributed by atoms with van der Waals surface area (Å²) in [5, 5.41) is 4.44. The first-order valence-electron chi connectivity index (χ1n) is 8.16. The lowest BCUT2D eigenvalue weighted by Gasteiger charge is -2.05. The second kappa shape index (κ2) is 9.38. The Morgan fingerprint density at radius 2 is 1.75 bits per heavy atom. The third-order valence-electron chi connectivity index (χ3n) is 3.40. The van der Waals surface area contributed by atoms with E-state index in [2.05, 4.69) is 10.5 Å². The normalized spacial score (nSPS) is 10.6. The smallest absolute Gasteiger partial charge is 0.379 e. The van der Waals surface area contributed by atoms with E-state index in [0.717, 1.165) is 0 Å². The number of rotatable bonds is 7. The van der Waals surface area contributed by atoms with Gasteiger partial charge in [-0.3, -0.25) is 4.79 Å². The number of hydrogen-bond acceptors (Lipinski definition) is 6. The fourth-order valence-electron chi connectivity index (χ4n) is 2.06. The highest BCUT2D eigenvalue weighted by atomic mass is 35.5. The topological polar surface area (TPSA) is 90.1 Å². The summed E-state index contributed by atoms with van der Waals surface area (Å²) in [5.41, 5.74) is 3.07. The van der Waals surface area contributed by atoms with Crippen molar-refractivity contribution in [2.24, 2.45) is 5.10 Å². The van der Waals surface area contributed by atoms with E-state index in [4.69, 9.17) is 25.5 Å². The van der Waals surface area contributed by atoms with Gasteiger partial charge in [0.2, 0.25) is 5.76 Å². The van der Waals surface area contributed by atoms with E-state index in [9.17, 15) is 9.59 Å². The Morgan fingerprint density at radius 3 is 2.43 bits per heavy atom. The number of hydrogen-bond donors (Lipinski definition) is 1. The van der Waals surface area contributed by atoms with Gasteiger partial charge in [0, 0.05) is 5.02 Å². The molecule has 0 unspecified atom stereocenters. The van der Waals surface area contributed by atoms with Gasteiger partial charge >= 0.3 is 5.97 Å². The van der Waals surface area contributed by atoms with Gasteiger partial charge in [-0.1, -0.05) is 11.6 Å². The lowest BCUT2D eigenvalue weighted by atomic mass is 10.2. The third-order valence-corrected chi connectivity index (χ3v) is 3.65. The lowest BCUT2D eigenvalue weighted by Crippen LogP contribution is -2.24. The Morgan fingerprint density at radius 1 is 1.04 bits per heavy atom. The van der Waals surface area contributed by atoms with Gasteiger partial charge < -0.3 is 13.9 Å². The molecule has 142 valence electrons. The second-order valence-corrected chi connectivity index (χ2v) is 5.91. The molecule has 0 spiro atoms. The molecule has 7 nitrogen and oxygen atoms in total. The average Bonchev–Trinajstić information content (AvgIpc) is 3.24. The van der Waals surface area contributed by atoms with Gasteiger partial charge in [0.1, 0.15) is 11.5 Å². The highest BCUT2D eigenvalue weighted by Crippen LogP contribution is 2.15. The van der Waals surface area contributed by atoms with E-state index in [1.165, 1.54) is 18.5 Å². The molecular weight excluding hydrogens is 384 g/mol. The van der Waals surface area contributed by atoms with E-state index in [1.54, 1.807) is 54.6 Å². The number of furan rings is 1. The molecule has 0 atom stereocenters. The summed E-state index contributed by atoms with van der Waals surface area (Å²) in [5.74, 6) is 0.0194. The molecule has 28 heavy (non-hydrogen) atoms. The maximum atomic E-state index is 11.8. The highest BCUT2D eigenvalue weighted by Gasteiger charge is 2.10. The van der Waals surface area contributed by atoms with Crippen LogP contribution in [0.4, 0.5) is 0 Å². The maximum Gasteiger partial charge on any atom is 0.379 e. The molecule has 8 heteroatoms. The molecule has 0 saturated carbocycles. The minimum absolute atomic E-state index is 0.120. The van der Waals surface area contributed by atoms with Crippen LogP contribution in [-0.2, 0) is 4.79 Å². The molecule has 1 N–H and O–H groups in total. The van der Waals surface area contributed by atoms with E-state index in [0.29, 0.717) is 22.1 Å². The molecule has 0 saturated heterocycles. The van der Waals surface area contributed by atoms with Crippen LogP contribution >= 0.6 is 11.6 Å². The number of carbonyl (C=O) groups excluding carboxylic acids is 2. The summed E-state index contributed by atoms with van der Waals surface area (Å²) in [6.07, 6.45) is 2.85. The van der Waals surface area contributed by atoms with Crippen molar-refractivity contribution in [1.82, 2.24) is 5.43 Å². The standard InChI is InChI=1S/C20H15ClN2O5/c21-15-5-9-16(10-6-15)27-13-19(24)23-22-12-14-3-7-17(8-4-14)28-20(25)18-2-1-11-26-18/h1-12H,13H2,(H,23,24). The average molecular weight is 399 g/mol. The second-order valence-electron chi connectivity index (χ2n) is 5.47. The third kappa shape index (κ3) is 5.72. The number of nitrogens with one attached hydrogen (secondary N) is 1. The van der Waals surface area contributed by atoms with Crippen LogP contribution in [0.25, 0.3) is 0 Å². The lowest BCUT2D eigenvalue weighted by molar-refractivity contribution is -0.123. The highest BCUT2D eigenvalue weighted by molar-refractivity contribution is 6.30. The minimum atomic E-state index is -0.584. The number of benzene rings is 2. The molecule has 0 fully saturated rings. The molecule has 0 bridgehead atoms. The molecule has 0 radical (unpaired) electrons. The predicted octanol–water partition coefficient (Wildman–Crippen LogP) is 3.68. The van der Waals surface area contributed by atoms with Crippen molar-refractivity contribution in [3.8, 4) is 11.5 Å². The van der Waals surface area contributed by atoms with E-state index >= 15 is 0 Å². The minimum Gasteiger partial charge on any atom is -0.484 e. The van der Waals surface area contributed by atoms with Crippen molar-refractivity contribution in [3.63, 3.8) is 0 Å². The van der Waals surface area contributed by atoms with E-state index in [1.807, 2.05) is 0 Å². The van der Waals surface area contributed by atoms with Crippen LogP contribution in [0.1, 0.15) is 16.1 Å². The fraction of sp³-hybridized carbons (Fsp3) is 0.0500. The summed E-state index contributed by atoms with van der Waals surface area (Å²) >= 11 is 5.78. The van der Waals surface area contributed by atoms with Gasteiger partial charge in [-0.25, -0.2) is 10.2 Å². The summed E-state index contributed by atoms with van der Waals surface area (Å²) in [6.45, 7) is -0.180. The largest absolute Gasteiger partial charge is 0.484 e. The number of nitrogens with zero attached hydrogens (tertiary/aromatic N) is 1. The maximum absolute atomic E-state index is 11.8. The van der Waals surface area contributed by atoms with Crippen LogP contribution in [0.15, 0.2) is 76.4 Å². The monoisotopic (exact) mass is 398 g/mol. The zero-order valence-electron chi connectivity index (χ0n) is 14.5. The number of esters is 1. The summed E-state index contributed by atoms with van der Waals surface area (Å²) in [4.78, 5) is 23.5. The molecule has 1 aromatic heterocycles. The fourth-order valence-corrected chi connectivity index (χ4v) is 2.19. The van der Waals surface area contributed by atoms with Gasteiger partial charge in [0.05, 0.1) is 12.5 Å². The molecular formula is C20H15ClN2O5. The van der Waals surface area contributed by atoms with Crippen LogP contribution in [0.3, 0.4) is 0 Å². The molecule has 0 aliphatic carbocycles. The Labute approximate surface area is 165 Å². The van der Waals surface area contributed by atoms with Crippen molar-refractivity contribution in [1.29, 1.82) is 0 Å². The number of carbonyl (C=O) groups is 2. The molecule has 0 aliphatic rings. The van der Waals surface area contributed by atoms with Gasteiger partial charge in [0.15, 0.2) is 6.61 Å². The van der Waals surface area contributed by atoms with Crippen molar-refractivity contribution in [3.05, 3.63) is 83.3 Å². The number of ether oxygens (including phenoxy) is 2. The number of amides is 1. The van der Waals surface area contributed by atoms with Crippen LogP contribution in [0, 0.1) is 0 Å². The Balaban J connectivity index is 1.44. The quantitative estimate of drug-likeness (QED) is 0.284. The summed E-state index contributed by atoms with van der Waals surface area (Å²) < 4.78 is 15.4. The van der Waals surface area contributed by atoms with Crippen LogP contribution in [-0.4, -0.2) is 24.7 Å². The number of halogens is 1. The van der Waals surface area contributed by atoms with Crippen molar-refractivity contribution >= 4 is 29.7 Å². The number of hydrazone groups is 1. The van der Waals surface area contributed by atoms with Gasteiger partial charge in [-0.05, 0) is 66.2 Å². The summed E-state index contributed by atoms with van der Waals surface area (Å²) in [7, 11) is 0. The first-order chi connectivity index (χ1) is 13.6. The van der Waals surface area contributed by atoms with Crippen molar-refractivity contribution in [2.75, 3.05) is 6.61 Å². The Hall–Kier alpha value is -3.58. The molecule has 1 amide bonds. The van der Waals surface area contributed by atoms with Crippen LogP contribution < -0.4 is 14.9 Å². The predicted molar refractivity (Wildman–Crippen MR) is 103 cm³/mol. The Bertz CT molecular complexity index is 951. The molecule has 1 heterocycles. The van der Waals surface area contributed by atoms with Gasteiger partial charge in [-0.15, -0.1) is 0 Å². The molecule has 2 aromatic carbocycles. The zero-order chi connectivity index (χ0) is 19.8. The van der Waals surface area contributed by atoms with Crippen LogP contribution in [0.5, 0.6) is 11.5 Å². The molecule has 0 aliphatic heterocycles. The van der Waals surface area contributed by atoms with Gasteiger partial charge in [0.25, 0.3) is 5.91 Å². The van der Waals surface area contributed by atoms with E-state index in [-0.39, 0.29) is 12.4 Å². The molecule has 3 rings (SSSR count). The first kappa shape index (κ1) is 19.2. The van der Waals surface area contributed by atoms with Crippen molar-refractivity contribution < 1.29 is 23.5 Å². The van der Waals surface area contributed by atoms with E-state index < -0.39 is 11.9 Å². The van der Waals surface area contributed by atoms with Gasteiger partial charge in [-0.2, -0.15) is 5.10 Å². The SMILES string of the molecule is O=C(COc1ccc(Cl)cc1)NN=Cc1ccc(OC(=O)c2ccco2)cc1. The molecule has 3 aromatic rings. The summed E-state index contributed by atoms with van der Waals surface area (Å²) in [6, 6.07) is 16.4. The zero-order valence-corrected chi connectivity index (χ0v) is 15.3.